The topological polar surface area (TPSA) is 50.7 Å². The number of nitrogens with one attached hydrogen (secondary N) is 1. The summed E-state index contributed by atoms with van der Waals surface area (Å²) in [6.45, 7) is 0. The Morgan fingerprint density at radius 1 is 1.35 bits per heavy atom. The van der Waals surface area contributed by atoms with Gasteiger partial charge in [0, 0.05) is 0 Å². The number of carbonyl (C=O) groups excluding carboxylic acids is 1. The molecule has 1 saturated heterocycles. The number of nitrogens with zero attached hydrogens (tertiary/aromatic N) is 1. The molecule has 0 aromatic heterocycles. The second-order valence-corrected chi connectivity index (χ2v) is 7.57. The van der Waals surface area contributed by atoms with Gasteiger partial charge in [0.2, 0.25) is 0 Å². The van der Waals surface area contributed by atoms with Gasteiger partial charge in [-0.25, -0.2) is 0 Å². The van der Waals surface area contributed by atoms with Crippen molar-refractivity contribution in [3.8, 4) is 5.75 Å². The summed E-state index contributed by atoms with van der Waals surface area (Å²) in [5.41, 5.74) is 0.953. The molecule has 1 aromatic rings. The average Bonchev–Trinajstić information content (AvgIpc) is 2.88. The van der Waals surface area contributed by atoms with Crippen LogP contribution in [-0.4, -0.2) is 24.2 Å². The Labute approximate surface area is 148 Å². The molecule has 2 aliphatic rings. The molecule has 0 radical (unpaired) electrons. The van der Waals surface area contributed by atoms with Crippen molar-refractivity contribution >= 4 is 44.8 Å². The average molecular weight is 395 g/mol. The second-order valence-electron chi connectivity index (χ2n) is 5.68. The SMILES string of the molecule is COc1ccc(/C=C2\SC(=NC3CCCCC3)NC2=O)cc1Br. The number of hydrogen-bond acceptors (Lipinski definition) is 4. The van der Waals surface area contributed by atoms with Crippen molar-refractivity contribution in [2.24, 2.45) is 4.99 Å². The number of carbonyl (C=O) groups is 1. The van der Waals surface area contributed by atoms with Gasteiger partial charge in [0.05, 0.1) is 22.5 Å². The van der Waals surface area contributed by atoms with Crippen LogP contribution in [0.25, 0.3) is 6.08 Å². The van der Waals surface area contributed by atoms with E-state index in [0.29, 0.717) is 10.9 Å². The Bertz CT molecular complexity index is 667. The summed E-state index contributed by atoms with van der Waals surface area (Å²) >= 11 is 4.89. The maximum Gasteiger partial charge on any atom is 0.264 e. The van der Waals surface area contributed by atoms with E-state index in [1.54, 1.807) is 7.11 Å². The third-order valence-corrected chi connectivity index (χ3v) is 5.54. The predicted molar refractivity (Wildman–Crippen MR) is 98.7 cm³/mol. The van der Waals surface area contributed by atoms with Gasteiger partial charge in [-0.3, -0.25) is 9.79 Å². The third-order valence-electron chi connectivity index (χ3n) is 4.00. The van der Waals surface area contributed by atoms with E-state index in [0.717, 1.165) is 33.8 Å². The van der Waals surface area contributed by atoms with Crippen molar-refractivity contribution in [1.29, 1.82) is 0 Å². The van der Waals surface area contributed by atoms with Gasteiger partial charge < -0.3 is 10.1 Å². The van der Waals surface area contributed by atoms with Crippen LogP contribution in [0.5, 0.6) is 5.75 Å². The molecule has 4 nitrogen and oxygen atoms in total. The summed E-state index contributed by atoms with van der Waals surface area (Å²) in [5, 5.41) is 3.61. The van der Waals surface area contributed by atoms with Crippen LogP contribution in [0.1, 0.15) is 37.7 Å². The summed E-state index contributed by atoms with van der Waals surface area (Å²) in [5.74, 6) is 0.701. The van der Waals surface area contributed by atoms with Gasteiger partial charge in [-0.2, -0.15) is 0 Å². The maximum atomic E-state index is 12.1. The number of ether oxygens (including phenoxy) is 1. The first-order valence-electron chi connectivity index (χ1n) is 7.78. The van der Waals surface area contributed by atoms with Crippen LogP contribution in [0.4, 0.5) is 0 Å². The lowest BCUT2D eigenvalue weighted by Gasteiger charge is -2.17. The van der Waals surface area contributed by atoms with E-state index in [-0.39, 0.29) is 5.91 Å². The first kappa shape index (κ1) is 16.6. The fourth-order valence-electron chi connectivity index (χ4n) is 2.79. The molecule has 122 valence electrons. The number of hydrogen-bond donors (Lipinski definition) is 1. The molecule has 0 atom stereocenters. The van der Waals surface area contributed by atoms with Crippen molar-refractivity contribution < 1.29 is 9.53 Å². The van der Waals surface area contributed by atoms with Crippen molar-refractivity contribution in [3.05, 3.63) is 33.1 Å². The van der Waals surface area contributed by atoms with Gasteiger partial charge in [-0.05, 0) is 64.3 Å². The Morgan fingerprint density at radius 2 is 2.13 bits per heavy atom. The Morgan fingerprint density at radius 3 is 2.83 bits per heavy atom. The second kappa shape index (κ2) is 7.53. The molecule has 0 unspecified atom stereocenters. The van der Waals surface area contributed by atoms with Crippen molar-refractivity contribution in [2.75, 3.05) is 7.11 Å². The minimum atomic E-state index is -0.0727. The lowest BCUT2D eigenvalue weighted by Crippen LogP contribution is -2.22. The van der Waals surface area contributed by atoms with Crippen LogP contribution in [0, 0.1) is 0 Å². The molecular weight excluding hydrogens is 376 g/mol. The Balaban J connectivity index is 1.74. The first-order valence-corrected chi connectivity index (χ1v) is 9.39. The van der Waals surface area contributed by atoms with Gasteiger partial charge in [0.1, 0.15) is 5.75 Å². The molecule has 1 saturated carbocycles. The van der Waals surface area contributed by atoms with Crippen LogP contribution < -0.4 is 10.1 Å². The normalized spacial score (nSPS) is 22.6. The number of benzene rings is 1. The number of amidine groups is 1. The third kappa shape index (κ3) is 4.18. The number of aliphatic imine (C=N–C) groups is 1. The number of rotatable bonds is 3. The number of methoxy groups -OCH3 is 1. The zero-order valence-electron chi connectivity index (χ0n) is 13.0. The van der Waals surface area contributed by atoms with Crippen LogP contribution in [0.2, 0.25) is 0 Å². The fraction of sp³-hybridized carbons (Fsp3) is 0.412. The molecule has 1 N–H and O–H groups in total. The van der Waals surface area contributed by atoms with Gasteiger partial charge in [0.15, 0.2) is 5.17 Å². The fourth-order valence-corrected chi connectivity index (χ4v) is 4.24. The highest BCUT2D eigenvalue weighted by Crippen LogP contribution is 2.31. The number of amides is 1. The van der Waals surface area contributed by atoms with E-state index >= 15 is 0 Å². The van der Waals surface area contributed by atoms with E-state index in [2.05, 4.69) is 21.2 Å². The standard InChI is InChI=1S/C17H19BrN2O2S/c1-22-14-8-7-11(9-13(14)18)10-15-16(21)20-17(23-15)19-12-5-3-2-4-6-12/h7-10,12H,2-6H2,1H3,(H,19,20,21)/b15-10-. The summed E-state index contributed by atoms with van der Waals surface area (Å²) < 4.78 is 6.09. The van der Waals surface area contributed by atoms with Crippen molar-refractivity contribution in [3.63, 3.8) is 0 Å². The molecule has 2 fully saturated rings. The molecular formula is C17H19BrN2O2S. The summed E-state index contributed by atoms with van der Waals surface area (Å²) in [6, 6.07) is 6.11. The molecule has 0 bridgehead atoms. The van der Waals surface area contributed by atoms with Gasteiger partial charge in [-0.1, -0.05) is 25.3 Å². The van der Waals surface area contributed by atoms with Gasteiger partial charge >= 0.3 is 0 Å². The van der Waals surface area contributed by atoms with Crippen molar-refractivity contribution in [1.82, 2.24) is 5.32 Å². The van der Waals surface area contributed by atoms with Crippen LogP contribution in [-0.2, 0) is 4.79 Å². The van der Waals surface area contributed by atoms with Gasteiger partial charge in [-0.15, -0.1) is 0 Å². The highest BCUT2D eigenvalue weighted by molar-refractivity contribution is 9.10. The number of thioether (sulfide) groups is 1. The minimum Gasteiger partial charge on any atom is -0.496 e. The molecule has 1 aliphatic heterocycles. The Hall–Kier alpha value is -1.27. The molecule has 1 heterocycles. The van der Waals surface area contributed by atoms with E-state index in [9.17, 15) is 4.79 Å². The summed E-state index contributed by atoms with van der Waals surface area (Å²) in [4.78, 5) is 17.5. The molecule has 3 rings (SSSR count). The molecule has 23 heavy (non-hydrogen) atoms. The van der Waals surface area contributed by atoms with Gasteiger partial charge in [0.25, 0.3) is 5.91 Å². The van der Waals surface area contributed by atoms with E-state index < -0.39 is 0 Å². The quantitative estimate of drug-likeness (QED) is 0.775. The lowest BCUT2D eigenvalue weighted by atomic mass is 9.96. The first-order chi connectivity index (χ1) is 11.2. The largest absolute Gasteiger partial charge is 0.496 e. The van der Waals surface area contributed by atoms with Crippen LogP contribution in [0.15, 0.2) is 32.6 Å². The van der Waals surface area contributed by atoms with E-state index in [4.69, 9.17) is 9.73 Å². The van der Waals surface area contributed by atoms with E-state index in [1.807, 2.05) is 24.3 Å². The lowest BCUT2D eigenvalue weighted by molar-refractivity contribution is -0.115. The predicted octanol–water partition coefficient (Wildman–Crippen LogP) is 4.35. The molecule has 1 aromatic carbocycles. The molecule has 0 spiro atoms. The maximum absolute atomic E-state index is 12.1. The molecule has 1 amide bonds. The molecule has 1 aliphatic carbocycles. The molecule has 6 heteroatoms. The Kier molecular flexibility index (Phi) is 5.43. The highest BCUT2D eigenvalue weighted by atomic mass is 79.9. The van der Waals surface area contributed by atoms with Crippen LogP contribution >= 0.6 is 27.7 Å². The van der Waals surface area contributed by atoms with Crippen LogP contribution in [0.3, 0.4) is 0 Å². The smallest absolute Gasteiger partial charge is 0.264 e. The highest BCUT2D eigenvalue weighted by Gasteiger charge is 2.25. The van der Waals surface area contributed by atoms with Crippen molar-refractivity contribution in [2.45, 2.75) is 38.1 Å². The monoisotopic (exact) mass is 394 g/mol. The minimum absolute atomic E-state index is 0.0727. The number of halogens is 1. The van der Waals surface area contributed by atoms with E-state index in [1.165, 1.54) is 31.0 Å². The summed E-state index contributed by atoms with van der Waals surface area (Å²) in [6.07, 6.45) is 7.92. The summed E-state index contributed by atoms with van der Waals surface area (Å²) in [7, 11) is 1.63. The zero-order chi connectivity index (χ0) is 16.2. The zero-order valence-corrected chi connectivity index (χ0v) is 15.4.